The Labute approximate surface area is 126 Å². The second-order valence-corrected chi connectivity index (χ2v) is 5.31. The summed E-state index contributed by atoms with van der Waals surface area (Å²) in [5.41, 5.74) is 3.59. The Morgan fingerprint density at radius 2 is 2.29 bits per heavy atom. The van der Waals surface area contributed by atoms with Crippen molar-refractivity contribution in [3.63, 3.8) is 0 Å². The van der Waals surface area contributed by atoms with Gasteiger partial charge in [-0.15, -0.1) is 0 Å². The number of aryl methyl sites for hydroxylation is 1. The molecule has 1 aliphatic rings. The minimum absolute atomic E-state index is 0.00433. The SMILES string of the molecule is CCNCc1cc(C)ccc1N1CCOCC1C(=O)NC. The Hall–Kier alpha value is -1.59. The molecule has 5 heteroatoms. The van der Waals surface area contributed by atoms with Crippen LogP contribution in [0.3, 0.4) is 0 Å². The lowest BCUT2D eigenvalue weighted by atomic mass is 10.1. The second-order valence-electron chi connectivity index (χ2n) is 5.31. The number of benzene rings is 1. The van der Waals surface area contributed by atoms with E-state index < -0.39 is 0 Å². The van der Waals surface area contributed by atoms with Gasteiger partial charge in [0, 0.05) is 25.8 Å². The Morgan fingerprint density at radius 3 is 3.00 bits per heavy atom. The molecule has 1 aromatic carbocycles. The molecule has 1 heterocycles. The summed E-state index contributed by atoms with van der Waals surface area (Å²) in [6, 6.07) is 6.14. The molecule has 1 amide bonds. The fourth-order valence-corrected chi connectivity index (χ4v) is 2.67. The largest absolute Gasteiger partial charge is 0.377 e. The summed E-state index contributed by atoms with van der Waals surface area (Å²) in [7, 11) is 1.67. The number of carbonyl (C=O) groups excluding carboxylic acids is 1. The standard InChI is InChI=1S/C16H25N3O2/c1-4-18-10-13-9-12(2)5-6-14(13)19-7-8-21-11-15(19)16(20)17-3/h5-6,9,15,18H,4,7-8,10-11H2,1-3H3,(H,17,20). The fourth-order valence-electron chi connectivity index (χ4n) is 2.67. The van der Waals surface area contributed by atoms with E-state index in [2.05, 4.69) is 47.6 Å². The van der Waals surface area contributed by atoms with Crippen molar-refractivity contribution in [3.05, 3.63) is 29.3 Å². The van der Waals surface area contributed by atoms with Crippen LogP contribution in [0.1, 0.15) is 18.1 Å². The minimum atomic E-state index is -0.258. The third-order valence-corrected chi connectivity index (χ3v) is 3.79. The van der Waals surface area contributed by atoms with Gasteiger partial charge in [0.15, 0.2) is 0 Å². The summed E-state index contributed by atoms with van der Waals surface area (Å²) < 4.78 is 5.48. The average Bonchev–Trinajstić information content (AvgIpc) is 2.52. The quantitative estimate of drug-likeness (QED) is 0.851. The summed E-state index contributed by atoms with van der Waals surface area (Å²) in [4.78, 5) is 14.3. The zero-order valence-electron chi connectivity index (χ0n) is 13.1. The van der Waals surface area contributed by atoms with Crippen LogP contribution in [0.25, 0.3) is 0 Å². The van der Waals surface area contributed by atoms with Crippen molar-refractivity contribution in [1.29, 1.82) is 0 Å². The van der Waals surface area contributed by atoms with Crippen molar-refractivity contribution in [2.45, 2.75) is 26.4 Å². The fraction of sp³-hybridized carbons (Fsp3) is 0.562. The second kappa shape index (κ2) is 7.43. The van der Waals surface area contributed by atoms with Crippen molar-refractivity contribution in [2.24, 2.45) is 0 Å². The number of rotatable bonds is 5. The molecule has 0 aromatic heterocycles. The van der Waals surface area contributed by atoms with Crippen molar-refractivity contribution in [1.82, 2.24) is 10.6 Å². The predicted molar refractivity (Wildman–Crippen MR) is 84.6 cm³/mol. The zero-order chi connectivity index (χ0) is 15.2. The molecular formula is C16H25N3O2. The van der Waals surface area contributed by atoms with E-state index in [1.165, 1.54) is 11.1 Å². The molecule has 5 nitrogen and oxygen atoms in total. The van der Waals surface area contributed by atoms with E-state index in [1.54, 1.807) is 7.05 Å². The van der Waals surface area contributed by atoms with E-state index in [4.69, 9.17) is 4.74 Å². The number of nitrogens with zero attached hydrogens (tertiary/aromatic N) is 1. The van der Waals surface area contributed by atoms with Crippen LogP contribution < -0.4 is 15.5 Å². The third-order valence-electron chi connectivity index (χ3n) is 3.79. The number of hydrogen-bond acceptors (Lipinski definition) is 4. The van der Waals surface area contributed by atoms with E-state index in [1.807, 2.05) is 0 Å². The molecule has 1 unspecified atom stereocenters. The number of hydrogen-bond donors (Lipinski definition) is 2. The van der Waals surface area contributed by atoms with E-state index in [0.29, 0.717) is 13.2 Å². The molecule has 1 saturated heterocycles. The molecule has 0 bridgehead atoms. The molecule has 0 aliphatic carbocycles. The van der Waals surface area contributed by atoms with E-state index in [9.17, 15) is 4.79 Å². The highest BCUT2D eigenvalue weighted by atomic mass is 16.5. The van der Waals surface area contributed by atoms with Gasteiger partial charge in [-0.25, -0.2) is 0 Å². The van der Waals surface area contributed by atoms with E-state index >= 15 is 0 Å². The number of ether oxygens (including phenoxy) is 1. The molecule has 1 aliphatic heterocycles. The molecule has 21 heavy (non-hydrogen) atoms. The maximum Gasteiger partial charge on any atom is 0.244 e. The number of likely N-dealkylation sites (N-methyl/N-ethyl adjacent to an activating group) is 1. The van der Waals surface area contributed by atoms with Crippen molar-refractivity contribution in [2.75, 3.05) is 38.3 Å². The Morgan fingerprint density at radius 1 is 1.48 bits per heavy atom. The zero-order valence-corrected chi connectivity index (χ0v) is 13.1. The lowest BCUT2D eigenvalue weighted by Crippen LogP contribution is -2.53. The van der Waals surface area contributed by atoms with Gasteiger partial charge in [0.1, 0.15) is 6.04 Å². The van der Waals surface area contributed by atoms with Crippen LogP contribution in [-0.2, 0) is 16.1 Å². The lowest BCUT2D eigenvalue weighted by molar-refractivity contribution is -0.124. The van der Waals surface area contributed by atoms with Crippen LogP contribution in [0.15, 0.2) is 18.2 Å². The Bertz CT molecular complexity index is 490. The molecule has 2 N–H and O–H groups in total. The van der Waals surface area contributed by atoms with Gasteiger partial charge in [-0.3, -0.25) is 4.79 Å². The van der Waals surface area contributed by atoms with E-state index in [0.717, 1.165) is 25.3 Å². The number of morpholine rings is 1. The smallest absolute Gasteiger partial charge is 0.244 e. The van der Waals surface area contributed by atoms with Gasteiger partial charge in [0.2, 0.25) is 5.91 Å². The molecule has 1 atom stereocenters. The maximum absolute atomic E-state index is 12.1. The monoisotopic (exact) mass is 291 g/mol. The van der Waals surface area contributed by atoms with Crippen LogP contribution in [-0.4, -0.2) is 45.3 Å². The lowest BCUT2D eigenvalue weighted by Gasteiger charge is -2.37. The summed E-state index contributed by atoms with van der Waals surface area (Å²) in [6.45, 7) is 7.75. The topological polar surface area (TPSA) is 53.6 Å². The summed E-state index contributed by atoms with van der Waals surface area (Å²) in [5.74, 6) is 0.00433. The van der Waals surface area contributed by atoms with Gasteiger partial charge in [0.05, 0.1) is 13.2 Å². The highest BCUT2D eigenvalue weighted by Gasteiger charge is 2.30. The van der Waals surface area contributed by atoms with Crippen LogP contribution in [0.5, 0.6) is 0 Å². The van der Waals surface area contributed by atoms with Crippen LogP contribution in [0, 0.1) is 6.92 Å². The normalized spacial score (nSPS) is 18.6. The number of carbonyl (C=O) groups is 1. The highest BCUT2D eigenvalue weighted by molar-refractivity contribution is 5.85. The molecular weight excluding hydrogens is 266 g/mol. The van der Waals surface area contributed by atoms with Gasteiger partial charge in [-0.1, -0.05) is 24.6 Å². The van der Waals surface area contributed by atoms with Gasteiger partial charge in [-0.05, 0) is 25.1 Å². The molecule has 0 radical (unpaired) electrons. The molecule has 0 saturated carbocycles. The molecule has 1 aromatic rings. The number of amides is 1. The number of nitrogens with one attached hydrogen (secondary N) is 2. The van der Waals surface area contributed by atoms with Gasteiger partial charge in [-0.2, -0.15) is 0 Å². The van der Waals surface area contributed by atoms with Crippen LogP contribution >= 0.6 is 0 Å². The van der Waals surface area contributed by atoms with Gasteiger partial charge >= 0.3 is 0 Å². The van der Waals surface area contributed by atoms with Gasteiger partial charge < -0.3 is 20.3 Å². The van der Waals surface area contributed by atoms with Gasteiger partial charge in [0.25, 0.3) is 0 Å². The van der Waals surface area contributed by atoms with Crippen molar-refractivity contribution >= 4 is 11.6 Å². The summed E-state index contributed by atoms with van der Waals surface area (Å²) in [6.07, 6.45) is 0. The first-order chi connectivity index (χ1) is 10.2. The summed E-state index contributed by atoms with van der Waals surface area (Å²) >= 11 is 0. The third kappa shape index (κ3) is 3.74. The first-order valence-electron chi connectivity index (χ1n) is 7.53. The first-order valence-corrected chi connectivity index (χ1v) is 7.53. The van der Waals surface area contributed by atoms with E-state index in [-0.39, 0.29) is 11.9 Å². The highest BCUT2D eigenvalue weighted by Crippen LogP contribution is 2.25. The van der Waals surface area contributed by atoms with Crippen molar-refractivity contribution < 1.29 is 9.53 Å². The number of anilines is 1. The predicted octanol–water partition coefficient (Wildman–Crippen LogP) is 1.06. The van der Waals surface area contributed by atoms with Crippen LogP contribution in [0.2, 0.25) is 0 Å². The molecule has 0 spiro atoms. The average molecular weight is 291 g/mol. The summed E-state index contributed by atoms with van der Waals surface area (Å²) in [5, 5.41) is 6.10. The molecule has 2 rings (SSSR count). The Kier molecular flexibility index (Phi) is 5.59. The molecule has 1 fully saturated rings. The molecule has 116 valence electrons. The Balaban J connectivity index is 2.30. The maximum atomic E-state index is 12.1. The first kappa shape index (κ1) is 15.8. The van der Waals surface area contributed by atoms with Crippen LogP contribution in [0.4, 0.5) is 5.69 Å². The minimum Gasteiger partial charge on any atom is -0.377 e. The van der Waals surface area contributed by atoms with Crippen molar-refractivity contribution in [3.8, 4) is 0 Å².